The van der Waals surface area contributed by atoms with E-state index in [0.29, 0.717) is 16.8 Å². The molecular formula is C25H23N3O3. The number of aryl methyl sites for hydroxylation is 1. The molecule has 156 valence electrons. The van der Waals surface area contributed by atoms with E-state index in [2.05, 4.69) is 10.6 Å². The molecule has 6 heteroatoms. The number of nitrogens with zero attached hydrogens (tertiary/aromatic N) is 1. The first kappa shape index (κ1) is 20.3. The Kier molecular flexibility index (Phi) is 5.29. The molecule has 3 aromatic carbocycles. The summed E-state index contributed by atoms with van der Waals surface area (Å²) < 4.78 is 0. The average Bonchev–Trinajstić information content (AvgIpc) is 3.04. The lowest BCUT2D eigenvalue weighted by Crippen LogP contribution is -2.45. The summed E-state index contributed by atoms with van der Waals surface area (Å²) in [5, 5.41) is 5.66. The Balaban J connectivity index is 1.65. The van der Waals surface area contributed by atoms with E-state index in [1.807, 2.05) is 62.4 Å². The molecule has 0 saturated carbocycles. The number of anilines is 1. The van der Waals surface area contributed by atoms with Gasteiger partial charge in [0.1, 0.15) is 6.54 Å². The molecule has 1 saturated heterocycles. The molecule has 3 aromatic rings. The van der Waals surface area contributed by atoms with Gasteiger partial charge in [-0.2, -0.15) is 0 Å². The molecule has 2 N–H and O–H groups in total. The van der Waals surface area contributed by atoms with Gasteiger partial charge < -0.3 is 10.6 Å². The molecule has 0 aromatic heterocycles. The third-order valence-electron chi connectivity index (χ3n) is 5.70. The van der Waals surface area contributed by atoms with Gasteiger partial charge in [-0.05, 0) is 42.2 Å². The molecule has 1 aliphatic rings. The summed E-state index contributed by atoms with van der Waals surface area (Å²) in [5.41, 5.74) is 2.54. The van der Waals surface area contributed by atoms with Crippen molar-refractivity contribution in [1.29, 1.82) is 0 Å². The lowest BCUT2D eigenvalue weighted by atomic mass is 9.82. The van der Waals surface area contributed by atoms with E-state index in [1.54, 1.807) is 30.3 Å². The molecule has 0 radical (unpaired) electrons. The van der Waals surface area contributed by atoms with Crippen molar-refractivity contribution in [3.63, 3.8) is 0 Å². The van der Waals surface area contributed by atoms with Gasteiger partial charge in [0.2, 0.25) is 5.91 Å². The van der Waals surface area contributed by atoms with Gasteiger partial charge in [-0.25, -0.2) is 4.79 Å². The van der Waals surface area contributed by atoms with Crippen LogP contribution >= 0.6 is 0 Å². The maximum Gasteiger partial charge on any atom is 0.326 e. The van der Waals surface area contributed by atoms with Gasteiger partial charge in [0.15, 0.2) is 5.54 Å². The van der Waals surface area contributed by atoms with Crippen LogP contribution in [-0.2, 0) is 15.1 Å². The zero-order valence-corrected chi connectivity index (χ0v) is 17.4. The number of rotatable bonds is 5. The number of hydrogen-bond acceptors (Lipinski definition) is 3. The van der Waals surface area contributed by atoms with Crippen molar-refractivity contribution in [3.05, 3.63) is 101 Å². The summed E-state index contributed by atoms with van der Waals surface area (Å²) in [6, 6.07) is 23.1. The molecule has 4 rings (SSSR count). The Labute approximate surface area is 180 Å². The van der Waals surface area contributed by atoms with E-state index < -0.39 is 23.4 Å². The van der Waals surface area contributed by atoms with Gasteiger partial charge in [-0.15, -0.1) is 0 Å². The van der Waals surface area contributed by atoms with E-state index in [0.717, 1.165) is 16.0 Å². The number of benzene rings is 3. The fourth-order valence-electron chi connectivity index (χ4n) is 3.87. The summed E-state index contributed by atoms with van der Waals surface area (Å²) in [7, 11) is 0. The number of carbonyl (C=O) groups is 3. The van der Waals surface area contributed by atoms with Crippen LogP contribution < -0.4 is 10.6 Å². The molecular weight excluding hydrogens is 390 g/mol. The van der Waals surface area contributed by atoms with Crippen LogP contribution in [0.2, 0.25) is 0 Å². The highest BCUT2D eigenvalue weighted by Gasteiger charge is 2.54. The molecule has 1 aliphatic heterocycles. The maximum atomic E-state index is 13.6. The highest BCUT2D eigenvalue weighted by molar-refractivity contribution is 6.12. The third kappa shape index (κ3) is 3.57. The number of amides is 4. The summed E-state index contributed by atoms with van der Waals surface area (Å²) in [6.45, 7) is 3.49. The van der Waals surface area contributed by atoms with Gasteiger partial charge >= 0.3 is 6.03 Å². The SMILES string of the molecule is Cc1cccc(NC(=O)CN2C(=O)NC(c3ccccc3)(c3ccccc3)C2=O)c1C. The minimum Gasteiger partial charge on any atom is -0.324 e. The van der Waals surface area contributed by atoms with Crippen LogP contribution in [0.25, 0.3) is 0 Å². The Morgan fingerprint density at radius 1 is 0.871 bits per heavy atom. The van der Waals surface area contributed by atoms with Crippen molar-refractivity contribution in [2.45, 2.75) is 19.4 Å². The minimum atomic E-state index is -1.38. The van der Waals surface area contributed by atoms with Gasteiger partial charge in [0.25, 0.3) is 5.91 Å². The Bertz CT molecular complexity index is 1100. The van der Waals surface area contributed by atoms with Gasteiger partial charge in [-0.1, -0.05) is 72.8 Å². The summed E-state index contributed by atoms with van der Waals surface area (Å²) >= 11 is 0. The monoisotopic (exact) mass is 413 g/mol. The molecule has 0 spiro atoms. The zero-order valence-electron chi connectivity index (χ0n) is 17.4. The second-order valence-electron chi connectivity index (χ2n) is 7.60. The van der Waals surface area contributed by atoms with Crippen molar-refractivity contribution in [2.24, 2.45) is 0 Å². The summed E-state index contributed by atoms with van der Waals surface area (Å²) in [6.07, 6.45) is 0. The maximum absolute atomic E-state index is 13.6. The zero-order chi connectivity index (χ0) is 22.0. The normalized spacial score (nSPS) is 15.0. The highest BCUT2D eigenvalue weighted by atomic mass is 16.2. The standard InChI is InChI=1S/C25H23N3O3/c1-17-10-9-15-21(18(17)2)26-22(29)16-28-23(30)25(27-24(28)31,19-11-5-3-6-12-19)20-13-7-4-8-14-20/h3-15H,16H2,1-2H3,(H,26,29)(H,27,31). The first-order valence-electron chi connectivity index (χ1n) is 10.0. The van der Waals surface area contributed by atoms with E-state index in [4.69, 9.17) is 0 Å². The van der Waals surface area contributed by atoms with Crippen molar-refractivity contribution < 1.29 is 14.4 Å². The first-order chi connectivity index (χ1) is 14.9. The molecule has 0 aliphatic carbocycles. The number of imide groups is 1. The Hall–Kier alpha value is -3.93. The summed E-state index contributed by atoms with van der Waals surface area (Å²) in [4.78, 5) is 40.2. The van der Waals surface area contributed by atoms with Crippen LogP contribution in [0.3, 0.4) is 0 Å². The second kappa shape index (κ2) is 8.07. The lowest BCUT2D eigenvalue weighted by Gasteiger charge is -2.28. The molecule has 0 unspecified atom stereocenters. The second-order valence-corrected chi connectivity index (χ2v) is 7.60. The van der Waals surface area contributed by atoms with Crippen molar-refractivity contribution >= 4 is 23.5 Å². The van der Waals surface area contributed by atoms with E-state index in [-0.39, 0.29) is 6.54 Å². The fourth-order valence-corrected chi connectivity index (χ4v) is 3.87. The Morgan fingerprint density at radius 2 is 1.45 bits per heavy atom. The smallest absolute Gasteiger partial charge is 0.324 e. The number of hydrogen-bond donors (Lipinski definition) is 2. The van der Waals surface area contributed by atoms with Crippen LogP contribution in [-0.4, -0.2) is 29.3 Å². The number of urea groups is 1. The lowest BCUT2D eigenvalue weighted by molar-refractivity contribution is -0.133. The average molecular weight is 413 g/mol. The van der Waals surface area contributed by atoms with E-state index >= 15 is 0 Å². The third-order valence-corrected chi connectivity index (χ3v) is 5.70. The predicted molar refractivity (Wildman–Crippen MR) is 118 cm³/mol. The summed E-state index contributed by atoms with van der Waals surface area (Å²) in [5.74, 6) is -0.917. The minimum absolute atomic E-state index is 0.376. The first-order valence-corrected chi connectivity index (χ1v) is 10.0. The molecule has 0 bridgehead atoms. The van der Waals surface area contributed by atoms with Crippen molar-refractivity contribution in [1.82, 2.24) is 10.2 Å². The van der Waals surface area contributed by atoms with Crippen LogP contribution in [0.15, 0.2) is 78.9 Å². The molecule has 0 atom stereocenters. The predicted octanol–water partition coefficient (Wildman–Crippen LogP) is 3.74. The Morgan fingerprint density at radius 3 is 2.03 bits per heavy atom. The quantitative estimate of drug-likeness (QED) is 0.626. The largest absolute Gasteiger partial charge is 0.326 e. The van der Waals surface area contributed by atoms with Gasteiger partial charge in [0.05, 0.1) is 0 Å². The van der Waals surface area contributed by atoms with E-state index in [9.17, 15) is 14.4 Å². The van der Waals surface area contributed by atoms with Crippen molar-refractivity contribution in [3.8, 4) is 0 Å². The molecule has 1 heterocycles. The van der Waals surface area contributed by atoms with Crippen molar-refractivity contribution in [2.75, 3.05) is 11.9 Å². The van der Waals surface area contributed by atoms with Crippen LogP contribution in [0, 0.1) is 13.8 Å². The van der Waals surface area contributed by atoms with Gasteiger partial charge in [0, 0.05) is 5.69 Å². The number of carbonyl (C=O) groups excluding carboxylic acids is 3. The molecule has 1 fully saturated rings. The van der Waals surface area contributed by atoms with E-state index in [1.165, 1.54) is 0 Å². The van der Waals surface area contributed by atoms with Crippen LogP contribution in [0.5, 0.6) is 0 Å². The van der Waals surface area contributed by atoms with Gasteiger partial charge in [-0.3, -0.25) is 14.5 Å². The molecule has 6 nitrogen and oxygen atoms in total. The van der Waals surface area contributed by atoms with Crippen LogP contribution in [0.1, 0.15) is 22.3 Å². The fraction of sp³-hybridized carbons (Fsp3) is 0.160. The molecule has 31 heavy (non-hydrogen) atoms. The topological polar surface area (TPSA) is 78.5 Å². The highest BCUT2D eigenvalue weighted by Crippen LogP contribution is 2.35. The number of nitrogens with one attached hydrogen (secondary N) is 2. The molecule has 4 amide bonds. The van der Waals surface area contributed by atoms with Crippen LogP contribution in [0.4, 0.5) is 10.5 Å².